The summed E-state index contributed by atoms with van der Waals surface area (Å²) in [7, 11) is 0. The highest BCUT2D eigenvalue weighted by molar-refractivity contribution is 6.31. The SMILES string of the molecule is Clc1ccccc1CN1Cc2cccn2C2(CCNC2)C1. The molecule has 4 rings (SSSR count). The first-order valence-corrected chi connectivity index (χ1v) is 7.98. The number of benzene rings is 1. The molecule has 1 saturated heterocycles. The van der Waals surface area contributed by atoms with Gasteiger partial charge in [0.05, 0.1) is 5.54 Å². The summed E-state index contributed by atoms with van der Waals surface area (Å²) >= 11 is 6.33. The molecular weight excluding hydrogens is 282 g/mol. The van der Waals surface area contributed by atoms with E-state index in [1.807, 2.05) is 12.1 Å². The van der Waals surface area contributed by atoms with Gasteiger partial charge in [-0.2, -0.15) is 0 Å². The van der Waals surface area contributed by atoms with E-state index >= 15 is 0 Å². The summed E-state index contributed by atoms with van der Waals surface area (Å²) in [6.45, 7) is 5.19. The van der Waals surface area contributed by atoms with E-state index in [0.717, 1.165) is 37.7 Å². The first-order chi connectivity index (χ1) is 10.3. The van der Waals surface area contributed by atoms with Crippen LogP contribution in [0.5, 0.6) is 0 Å². The zero-order chi connectivity index (χ0) is 14.3. The predicted molar refractivity (Wildman–Crippen MR) is 85.5 cm³/mol. The lowest BCUT2D eigenvalue weighted by Gasteiger charge is -2.42. The molecule has 3 nitrogen and oxygen atoms in total. The zero-order valence-corrected chi connectivity index (χ0v) is 12.8. The first kappa shape index (κ1) is 13.4. The standard InChI is InChI=1S/C17H20ClN3/c18-16-6-2-1-4-14(16)10-20-11-15-5-3-9-21(15)17(13-20)7-8-19-12-17/h1-6,9,19H,7-8,10-13H2. The van der Waals surface area contributed by atoms with Gasteiger partial charge in [0, 0.05) is 43.1 Å². The molecule has 1 aromatic heterocycles. The van der Waals surface area contributed by atoms with Gasteiger partial charge < -0.3 is 9.88 Å². The number of aromatic nitrogens is 1. The summed E-state index contributed by atoms with van der Waals surface area (Å²) < 4.78 is 2.50. The minimum Gasteiger partial charge on any atom is -0.342 e. The van der Waals surface area contributed by atoms with E-state index in [9.17, 15) is 0 Å². The maximum atomic E-state index is 6.33. The molecule has 1 aromatic carbocycles. The molecular formula is C17H20ClN3. The fourth-order valence-electron chi connectivity index (χ4n) is 3.84. The predicted octanol–water partition coefficient (Wildman–Crippen LogP) is 2.85. The molecule has 0 aliphatic carbocycles. The Morgan fingerprint density at radius 3 is 2.90 bits per heavy atom. The van der Waals surface area contributed by atoms with Crippen LogP contribution < -0.4 is 5.32 Å². The zero-order valence-electron chi connectivity index (χ0n) is 12.1. The normalized spacial score (nSPS) is 25.4. The minimum absolute atomic E-state index is 0.221. The number of halogens is 1. The van der Waals surface area contributed by atoms with Crippen molar-refractivity contribution in [2.75, 3.05) is 19.6 Å². The van der Waals surface area contributed by atoms with Gasteiger partial charge in [-0.1, -0.05) is 29.8 Å². The van der Waals surface area contributed by atoms with Crippen LogP contribution in [0.15, 0.2) is 42.6 Å². The van der Waals surface area contributed by atoms with Gasteiger partial charge in [0.1, 0.15) is 0 Å². The van der Waals surface area contributed by atoms with Gasteiger partial charge in [0.15, 0.2) is 0 Å². The summed E-state index contributed by atoms with van der Waals surface area (Å²) in [5, 5.41) is 4.41. The van der Waals surface area contributed by atoms with Crippen LogP contribution in [0, 0.1) is 0 Å². The monoisotopic (exact) mass is 301 g/mol. The Morgan fingerprint density at radius 2 is 2.10 bits per heavy atom. The van der Waals surface area contributed by atoms with E-state index < -0.39 is 0 Å². The fourth-order valence-corrected chi connectivity index (χ4v) is 4.03. The van der Waals surface area contributed by atoms with Crippen molar-refractivity contribution in [3.05, 3.63) is 58.9 Å². The first-order valence-electron chi connectivity index (χ1n) is 7.60. The molecule has 1 spiro atoms. The third-order valence-corrected chi connectivity index (χ3v) is 5.19. The maximum Gasteiger partial charge on any atom is 0.0705 e. The van der Waals surface area contributed by atoms with Crippen molar-refractivity contribution in [2.24, 2.45) is 0 Å². The van der Waals surface area contributed by atoms with E-state index in [-0.39, 0.29) is 5.54 Å². The molecule has 2 aliphatic rings. The summed E-state index contributed by atoms with van der Waals surface area (Å²) in [6, 6.07) is 12.6. The van der Waals surface area contributed by atoms with E-state index in [1.165, 1.54) is 17.7 Å². The van der Waals surface area contributed by atoms with Crippen molar-refractivity contribution in [1.82, 2.24) is 14.8 Å². The van der Waals surface area contributed by atoms with Crippen LogP contribution in [-0.4, -0.2) is 29.1 Å². The molecule has 2 aromatic rings. The van der Waals surface area contributed by atoms with Gasteiger partial charge in [-0.05, 0) is 36.7 Å². The molecule has 0 amide bonds. The Labute approximate surface area is 130 Å². The topological polar surface area (TPSA) is 20.2 Å². The van der Waals surface area contributed by atoms with Crippen molar-refractivity contribution in [1.29, 1.82) is 0 Å². The lowest BCUT2D eigenvalue weighted by Crippen LogP contribution is -2.51. The average Bonchev–Trinajstić information content (AvgIpc) is 3.12. The quantitative estimate of drug-likeness (QED) is 0.920. The highest BCUT2D eigenvalue weighted by Gasteiger charge is 2.41. The number of fused-ring (bicyclic) bond motifs is 2. The van der Waals surface area contributed by atoms with Crippen molar-refractivity contribution >= 4 is 11.6 Å². The number of rotatable bonds is 2. The van der Waals surface area contributed by atoms with Gasteiger partial charge in [-0.3, -0.25) is 4.90 Å². The number of nitrogens with zero attached hydrogens (tertiary/aromatic N) is 2. The van der Waals surface area contributed by atoms with Crippen LogP contribution in [0.1, 0.15) is 17.7 Å². The van der Waals surface area contributed by atoms with Crippen LogP contribution in [0.25, 0.3) is 0 Å². The van der Waals surface area contributed by atoms with E-state index in [4.69, 9.17) is 11.6 Å². The second kappa shape index (κ2) is 5.16. The van der Waals surface area contributed by atoms with Gasteiger partial charge in [0.2, 0.25) is 0 Å². The van der Waals surface area contributed by atoms with Crippen LogP contribution in [0.2, 0.25) is 5.02 Å². The third kappa shape index (κ3) is 2.30. The average molecular weight is 302 g/mol. The molecule has 2 aliphatic heterocycles. The van der Waals surface area contributed by atoms with Crippen molar-refractivity contribution < 1.29 is 0 Å². The second-order valence-electron chi connectivity index (χ2n) is 6.26. The number of hydrogen-bond acceptors (Lipinski definition) is 2. The highest BCUT2D eigenvalue weighted by atomic mass is 35.5. The summed E-state index contributed by atoms with van der Waals surface area (Å²) in [5.41, 5.74) is 2.86. The molecule has 0 bridgehead atoms. The summed E-state index contributed by atoms with van der Waals surface area (Å²) in [5.74, 6) is 0. The third-order valence-electron chi connectivity index (χ3n) is 4.82. The molecule has 1 atom stereocenters. The van der Waals surface area contributed by atoms with Gasteiger partial charge >= 0.3 is 0 Å². The second-order valence-corrected chi connectivity index (χ2v) is 6.66. The summed E-state index contributed by atoms with van der Waals surface area (Å²) in [4.78, 5) is 2.53. The molecule has 1 N–H and O–H groups in total. The fraction of sp³-hybridized carbons (Fsp3) is 0.412. The van der Waals surface area contributed by atoms with Crippen molar-refractivity contribution in [3.63, 3.8) is 0 Å². The van der Waals surface area contributed by atoms with E-state index in [0.29, 0.717) is 0 Å². The van der Waals surface area contributed by atoms with Crippen LogP contribution in [-0.2, 0) is 18.6 Å². The molecule has 21 heavy (non-hydrogen) atoms. The number of hydrogen-bond donors (Lipinski definition) is 1. The molecule has 1 unspecified atom stereocenters. The van der Waals surface area contributed by atoms with E-state index in [1.54, 1.807) is 0 Å². The molecule has 0 radical (unpaired) electrons. The van der Waals surface area contributed by atoms with Crippen molar-refractivity contribution in [2.45, 2.75) is 25.0 Å². The van der Waals surface area contributed by atoms with Crippen molar-refractivity contribution in [3.8, 4) is 0 Å². The van der Waals surface area contributed by atoms with Gasteiger partial charge in [-0.15, -0.1) is 0 Å². The summed E-state index contributed by atoms with van der Waals surface area (Å²) in [6.07, 6.45) is 3.45. The van der Waals surface area contributed by atoms with Crippen LogP contribution >= 0.6 is 11.6 Å². The Kier molecular flexibility index (Phi) is 3.29. The molecule has 0 saturated carbocycles. The van der Waals surface area contributed by atoms with Crippen LogP contribution in [0.4, 0.5) is 0 Å². The molecule has 110 valence electrons. The van der Waals surface area contributed by atoms with Crippen LogP contribution in [0.3, 0.4) is 0 Å². The Bertz CT molecular complexity index is 643. The molecule has 3 heterocycles. The smallest absolute Gasteiger partial charge is 0.0705 e. The molecule has 4 heteroatoms. The highest BCUT2D eigenvalue weighted by Crippen LogP contribution is 2.33. The Balaban J connectivity index is 1.63. The van der Waals surface area contributed by atoms with Gasteiger partial charge in [0.25, 0.3) is 0 Å². The number of nitrogens with one attached hydrogen (secondary N) is 1. The largest absolute Gasteiger partial charge is 0.342 e. The lowest BCUT2D eigenvalue weighted by atomic mass is 9.94. The maximum absolute atomic E-state index is 6.33. The van der Waals surface area contributed by atoms with E-state index in [2.05, 4.69) is 45.2 Å². The Hall–Kier alpha value is -1.29. The van der Waals surface area contributed by atoms with Gasteiger partial charge in [-0.25, -0.2) is 0 Å². The molecule has 1 fully saturated rings. The Morgan fingerprint density at radius 1 is 1.19 bits per heavy atom. The lowest BCUT2D eigenvalue weighted by molar-refractivity contribution is 0.114. The minimum atomic E-state index is 0.221.